The molecule has 1 aromatic rings. The van der Waals surface area contributed by atoms with E-state index in [0.29, 0.717) is 5.69 Å². The molecular weight excluding hydrogens is 174 g/mol. The Hall–Kier alpha value is -2.19. The highest BCUT2D eigenvalue weighted by Gasteiger charge is 2.11. The van der Waals surface area contributed by atoms with Crippen molar-refractivity contribution in [3.63, 3.8) is 0 Å². The van der Waals surface area contributed by atoms with Crippen molar-refractivity contribution in [2.75, 3.05) is 5.32 Å². The standard InChI is InChI=1S/C12H9NO/c1-3-10(4-2)12(14)13-11-8-6-5-7-9-11/h1-2,5-10H,(H,13,14). The van der Waals surface area contributed by atoms with Crippen molar-refractivity contribution in [1.29, 1.82) is 0 Å². The van der Waals surface area contributed by atoms with Gasteiger partial charge in [-0.05, 0) is 12.1 Å². The smallest absolute Gasteiger partial charge is 0.251 e. The van der Waals surface area contributed by atoms with Crippen LogP contribution in [0.1, 0.15) is 0 Å². The van der Waals surface area contributed by atoms with Gasteiger partial charge in [0, 0.05) is 5.69 Å². The van der Waals surface area contributed by atoms with Crippen molar-refractivity contribution in [3.05, 3.63) is 30.3 Å². The van der Waals surface area contributed by atoms with E-state index in [2.05, 4.69) is 17.2 Å². The first-order valence-electron chi connectivity index (χ1n) is 4.06. The number of terminal acetylenes is 2. The Morgan fingerprint density at radius 2 is 1.79 bits per heavy atom. The molecule has 0 fully saturated rings. The normalized spacial score (nSPS) is 8.79. The molecule has 0 atom stereocenters. The maximum absolute atomic E-state index is 11.4. The van der Waals surface area contributed by atoms with Crippen molar-refractivity contribution >= 4 is 11.6 Å². The highest BCUT2D eigenvalue weighted by atomic mass is 16.1. The number of nitrogens with one attached hydrogen (secondary N) is 1. The maximum Gasteiger partial charge on any atom is 0.251 e. The van der Waals surface area contributed by atoms with Crippen molar-refractivity contribution in [2.24, 2.45) is 5.92 Å². The minimum Gasteiger partial charge on any atom is -0.324 e. The number of rotatable bonds is 2. The minimum absolute atomic E-state index is 0.346. The van der Waals surface area contributed by atoms with Gasteiger partial charge in [-0.3, -0.25) is 4.79 Å². The van der Waals surface area contributed by atoms with E-state index in [1.165, 1.54) is 0 Å². The molecule has 2 nitrogen and oxygen atoms in total. The molecule has 0 spiro atoms. The van der Waals surface area contributed by atoms with E-state index in [0.717, 1.165) is 0 Å². The number of benzene rings is 1. The van der Waals surface area contributed by atoms with Crippen LogP contribution in [0.5, 0.6) is 0 Å². The molecule has 1 N–H and O–H groups in total. The van der Waals surface area contributed by atoms with Crippen LogP contribution in [0.2, 0.25) is 0 Å². The highest BCUT2D eigenvalue weighted by Crippen LogP contribution is 2.06. The van der Waals surface area contributed by atoms with Gasteiger partial charge in [0.25, 0.3) is 5.91 Å². The Labute approximate surface area is 83.3 Å². The van der Waals surface area contributed by atoms with E-state index in [1.54, 1.807) is 12.1 Å². The third-order valence-electron chi connectivity index (χ3n) is 1.64. The lowest BCUT2D eigenvalue weighted by Gasteiger charge is -2.05. The zero-order chi connectivity index (χ0) is 10.4. The van der Waals surface area contributed by atoms with Gasteiger partial charge in [0.2, 0.25) is 0 Å². The van der Waals surface area contributed by atoms with Crippen LogP contribution in [0.15, 0.2) is 30.3 Å². The summed E-state index contributed by atoms with van der Waals surface area (Å²) in [5, 5.41) is 2.62. The number of para-hydroxylation sites is 1. The second-order valence-electron chi connectivity index (χ2n) is 2.62. The van der Waals surface area contributed by atoms with Crippen LogP contribution in [-0.2, 0) is 4.79 Å². The molecule has 0 saturated carbocycles. The van der Waals surface area contributed by atoms with Gasteiger partial charge in [-0.2, -0.15) is 0 Å². The summed E-state index contributed by atoms with van der Waals surface area (Å²) in [6.07, 6.45) is 10.2. The summed E-state index contributed by atoms with van der Waals surface area (Å²) in [7, 11) is 0. The monoisotopic (exact) mass is 183 g/mol. The van der Waals surface area contributed by atoms with Gasteiger partial charge in [0.1, 0.15) is 0 Å². The molecule has 0 heterocycles. The van der Waals surface area contributed by atoms with Crippen LogP contribution in [-0.4, -0.2) is 5.91 Å². The molecule has 0 unspecified atom stereocenters. The summed E-state index contributed by atoms with van der Waals surface area (Å²) in [5.41, 5.74) is 0.688. The largest absolute Gasteiger partial charge is 0.324 e. The minimum atomic E-state index is -0.810. The summed E-state index contributed by atoms with van der Waals surface area (Å²) >= 11 is 0. The van der Waals surface area contributed by atoms with Gasteiger partial charge in [0.15, 0.2) is 5.92 Å². The lowest BCUT2D eigenvalue weighted by atomic mass is 10.1. The fraction of sp³-hybridized carbons (Fsp3) is 0.0833. The van der Waals surface area contributed by atoms with Crippen molar-refractivity contribution in [1.82, 2.24) is 0 Å². The first kappa shape index (κ1) is 9.89. The first-order valence-corrected chi connectivity index (χ1v) is 4.06. The topological polar surface area (TPSA) is 29.1 Å². The number of hydrogen-bond acceptors (Lipinski definition) is 1. The molecule has 0 bridgehead atoms. The second-order valence-corrected chi connectivity index (χ2v) is 2.62. The zero-order valence-corrected chi connectivity index (χ0v) is 7.53. The fourth-order valence-corrected chi connectivity index (χ4v) is 0.935. The summed E-state index contributed by atoms with van der Waals surface area (Å²) in [6, 6.07) is 9.02. The van der Waals surface area contributed by atoms with Crippen molar-refractivity contribution < 1.29 is 4.79 Å². The molecule has 0 radical (unpaired) electrons. The van der Waals surface area contributed by atoms with Crippen LogP contribution < -0.4 is 5.32 Å². The van der Waals surface area contributed by atoms with Crippen LogP contribution in [0, 0.1) is 30.6 Å². The number of hydrogen-bond donors (Lipinski definition) is 1. The van der Waals surface area contributed by atoms with Crippen molar-refractivity contribution in [2.45, 2.75) is 0 Å². The van der Waals surface area contributed by atoms with Gasteiger partial charge >= 0.3 is 0 Å². The second kappa shape index (κ2) is 4.74. The van der Waals surface area contributed by atoms with E-state index in [9.17, 15) is 4.79 Å². The highest BCUT2D eigenvalue weighted by molar-refractivity contribution is 5.96. The Morgan fingerprint density at radius 1 is 1.21 bits per heavy atom. The average molecular weight is 183 g/mol. The molecule has 0 aliphatic heterocycles. The van der Waals surface area contributed by atoms with Gasteiger partial charge < -0.3 is 5.32 Å². The maximum atomic E-state index is 11.4. The Bertz CT molecular complexity index is 381. The Kier molecular flexibility index (Phi) is 3.35. The molecule has 2 heteroatoms. The van der Waals surface area contributed by atoms with E-state index in [-0.39, 0.29) is 5.91 Å². The molecule has 0 aliphatic rings. The third kappa shape index (κ3) is 2.40. The molecule has 14 heavy (non-hydrogen) atoms. The van der Waals surface area contributed by atoms with Gasteiger partial charge in [-0.1, -0.05) is 30.0 Å². The summed E-state index contributed by atoms with van der Waals surface area (Å²) in [6.45, 7) is 0. The molecule has 1 aromatic carbocycles. The first-order chi connectivity index (χ1) is 6.77. The average Bonchev–Trinajstić information content (AvgIpc) is 2.21. The molecule has 68 valence electrons. The third-order valence-corrected chi connectivity index (χ3v) is 1.64. The van der Waals surface area contributed by atoms with Gasteiger partial charge in [0.05, 0.1) is 0 Å². The summed E-state index contributed by atoms with van der Waals surface area (Å²) < 4.78 is 0. The fourth-order valence-electron chi connectivity index (χ4n) is 0.935. The predicted octanol–water partition coefficient (Wildman–Crippen LogP) is 1.51. The van der Waals surface area contributed by atoms with Gasteiger partial charge in [-0.25, -0.2) is 0 Å². The number of carbonyl (C=O) groups is 1. The summed E-state index contributed by atoms with van der Waals surface area (Å²) in [5.74, 6) is 3.29. The zero-order valence-electron chi connectivity index (χ0n) is 7.53. The Morgan fingerprint density at radius 3 is 2.29 bits per heavy atom. The van der Waals surface area contributed by atoms with Crippen molar-refractivity contribution in [3.8, 4) is 24.7 Å². The SMILES string of the molecule is C#CC(C#C)C(=O)Nc1ccccc1. The molecule has 1 amide bonds. The van der Waals surface area contributed by atoms with E-state index >= 15 is 0 Å². The van der Waals surface area contributed by atoms with Crippen LogP contribution in [0.25, 0.3) is 0 Å². The molecule has 0 aromatic heterocycles. The van der Waals surface area contributed by atoms with Gasteiger partial charge in [-0.15, -0.1) is 12.8 Å². The number of carbonyl (C=O) groups excluding carboxylic acids is 1. The van der Waals surface area contributed by atoms with Crippen LogP contribution in [0.4, 0.5) is 5.69 Å². The van der Waals surface area contributed by atoms with E-state index in [1.807, 2.05) is 18.2 Å². The molecular formula is C12H9NO. The molecule has 0 saturated heterocycles. The number of anilines is 1. The molecule has 0 aliphatic carbocycles. The van der Waals surface area contributed by atoms with E-state index < -0.39 is 5.92 Å². The Balaban J connectivity index is 2.68. The summed E-state index contributed by atoms with van der Waals surface area (Å²) in [4.78, 5) is 11.4. The molecule has 1 rings (SSSR count). The quantitative estimate of drug-likeness (QED) is 0.692. The van der Waals surface area contributed by atoms with Crippen LogP contribution >= 0.6 is 0 Å². The lowest BCUT2D eigenvalue weighted by Crippen LogP contribution is -2.19. The lowest BCUT2D eigenvalue weighted by molar-refractivity contribution is -0.117. The number of amides is 1. The predicted molar refractivity (Wildman–Crippen MR) is 56.2 cm³/mol. The van der Waals surface area contributed by atoms with Crippen LogP contribution in [0.3, 0.4) is 0 Å². The van der Waals surface area contributed by atoms with E-state index in [4.69, 9.17) is 12.8 Å².